The van der Waals surface area contributed by atoms with E-state index in [-0.39, 0.29) is 12.0 Å². The number of methoxy groups -OCH3 is 1. The zero-order valence-electron chi connectivity index (χ0n) is 24.4. The van der Waals surface area contributed by atoms with Crippen LogP contribution in [0.15, 0.2) is 91.0 Å². The van der Waals surface area contributed by atoms with E-state index in [1.54, 1.807) is 7.11 Å². The normalized spacial score (nSPS) is 23.5. The fraction of sp³-hybridized carbons (Fsp3) is 0.351. The topological polar surface area (TPSA) is 36.9 Å². The molecule has 218 valence electrons. The Morgan fingerprint density at radius 2 is 1.88 bits per heavy atom. The molecule has 6 rings (SSSR count). The molecule has 2 aliphatic carbocycles. The van der Waals surface area contributed by atoms with Crippen molar-refractivity contribution in [3.63, 3.8) is 0 Å². The monoisotopic (exact) mass is 582 g/mol. The summed E-state index contributed by atoms with van der Waals surface area (Å²) in [6, 6.07) is 20.7. The van der Waals surface area contributed by atoms with Crippen molar-refractivity contribution in [2.75, 3.05) is 20.3 Å². The van der Waals surface area contributed by atoms with Gasteiger partial charge in [0.15, 0.2) is 5.79 Å². The van der Waals surface area contributed by atoms with E-state index in [1.165, 1.54) is 23.1 Å². The molecule has 0 N–H and O–H groups in total. The SMILES string of the molecule is COc1cccc(/C=C/CC2CCc3cc(OCC4CO[C@](CC5C=CC=C5)(c5ccc(Cl)cc5C)O4)ccc3C2)c1. The van der Waals surface area contributed by atoms with Gasteiger partial charge < -0.3 is 18.9 Å². The smallest absolute Gasteiger partial charge is 0.196 e. The average molecular weight is 583 g/mol. The van der Waals surface area contributed by atoms with Gasteiger partial charge in [-0.25, -0.2) is 0 Å². The van der Waals surface area contributed by atoms with Crippen LogP contribution in [-0.2, 0) is 28.1 Å². The fourth-order valence-electron chi connectivity index (χ4n) is 6.41. The second-order valence-electron chi connectivity index (χ2n) is 11.7. The van der Waals surface area contributed by atoms with Crippen molar-refractivity contribution in [3.8, 4) is 11.5 Å². The van der Waals surface area contributed by atoms with E-state index < -0.39 is 5.79 Å². The van der Waals surface area contributed by atoms with Gasteiger partial charge in [-0.05, 0) is 97.2 Å². The lowest BCUT2D eigenvalue weighted by atomic mass is 9.82. The lowest BCUT2D eigenvalue weighted by Crippen LogP contribution is -2.32. The first-order valence-corrected chi connectivity index (χ1v) is 15.4. The van der Waals surface area contributed by atoms with Crippen molar-refractivity contribution >= 4 is 17.7 Å². The van der Waals surface area contributed by atoms with E-state index in [0.717, 1.165) is 41.9 Å². The molecule has 42 heavy (non-hydrogen) atoms. The van der Waals surface area contributed by atoms with Crippen molar-refractivity contribution in [3.05, 3.63) is 124 Å². The lowest BCUT2D eigenvalue weighted by molar-refractivity contribution is -0.187. The largest absolute Gasteiger partial charge is 0.497 e. The molecule has 0 aromatic heterocycles. The Morgan fingerprint density at radius 1 is 1.00 bits per heavy atom. The molecule has 1 saturated heterocycles. The molecule has 0 radical (unpaired) electrons. The van der Waals surface area contributed by atoms with E-state index in [4.69, 9.17) is 30.5 Å². The van der Waals surface area contributed by atoms with E-state index in [9.17, 15) is 0 Å². The molecule has 0 saturated carbocycles. The number of allylic oxidation sites excluding steroid dienone is 5. The zero-order chi connectivity index (χ0) is 28.9. The molecule has 1 fully saturated rings. The van der Waals surface area contributed by atoms with Gasteiger partial charge in [0.1, 0.15) is 24.2 Å². The standard InChI is InChI=1S/C37H39ClO4/c1-26-19-32(38)16-18-36(26)37(23-29-7-3-4-8-29)41-25-35(42-37)24-40-34-17-15-30-20-28(13-14-31(30)22-34)10-5-9-27-11-6-12-33(21-27)39-2/h3-9,11-12,15-19,21-22,28-29,35H,10,13-14,20,23-25H2,1-2H3/b9-5+/t28?,35?,37-/m0/s1. The summed E-state index contributed by atoms with van der Waals surface area (Å²) in [5.41, 5.74) is 6.11. The maximum absolute atomic E-state index is 6.68. The number of hydrogen-bond acceptors (Lipinski definition) is 4. The third-order valence-corrected chi connectivity index (χ3v) is 8.84. The first-order valence-electron chi connectivity index (χ1n) is 15.0. The van der Waals surface area contributed by atoms with Crippen molar-refractivity contribution in [1.82, 2.24) is 0 Å². The molecular weight excluding hydrogens is 544 g/mol. The predicted molar refractivity (Wildman–Crippen MR) is 169 cm³/mol. The van der Waals surface area contributed by atoms with Crippen molar-refractivity contribution < 1.29 is 18.9 Å². The van der Waals surface area contributed by atoms with Crippen LogP contribution in [0.1, 0.15) is 47.1 Å². The molecule has 0 spiro atoms. The summed E-state index contributed by atoms with van der Waals surface area (Å²) in [4.78, 5) is 0. The average Bonchev–Trinajstić information content (AvgIpc) is 3.66. The Morgan fingerprint density at radius 3 is 2.71 bits per heavy atom. The highest BCUT2D eigenvalue weighted by Gasteiger charge is 2.45. The minimum Gasteiger partial charge on any atom is -0.497 e. The molecule has 5 heteroatoms. The van der Waals surface area contributed by atoms with Crippen LogP contribution in [0, 0.1) is 18.8 Å². The second kappa shape index (κ2) is 12.9. The first kappa shape index (κ1) is 28.8. The third-order valence-electron chi connectivity index (χ3n) is 8.61. The number of hydrogen-bond donors (Lipinski definition) is 0. The highest BCUT2D eigenvalue weighted by atomic mass is 35.5. The number of rotatable bonds is 10. The van der Waals surface area contributed by atoms with E-state index in [2.05, 4.69) is 73.7 Å². The molecule has 1 heterocycles. The number of benzene rings is 3. The maximum Gasteiger partial charge on any atom is 0.196 e. The number of ether oxygens (including phenoxy) is 4. The van der Waals surface area contributed by atoms with Crippen molar-refractivity contribution in [1.29, 1.82) is 0 Å². The van der Waals surface area contributed by atoms with Gasteiger partial charge >= 0.3 is 0 Å². The third kappa shape index (κ3) is 6.67. The molecule has 3 aliphatic rings. The van der Waals surface area contributed by atoms with Gasteiger partial charge in [0.05, 0.1) is 13.7 Å². The molecule has 0 amide bonds. The van der Waals surface area contributed by atoms with Gasteiger partial charge in [0.25, 0.3) is 0 Å². The van der Waals surface area contributed by atoms with Gasteiger partial charge in [0.2, 0.25) is 0 Å². The van der Waals surface area contributed by atoms with Gasteiger partial charge in [0, 0.05) is 22.9 Å². The van der Waals surface area contributed by atoms with Gasteiger partial charge in [-0.15, -0.1) is 0 Å². The highest BCUT2D eigenvalue weighted by molar-refractivity contribution is 6.30. The Hall–Kier alpha value is -3.31. The lowest BCUT2D eigenvalue weighted by Gasteiger charge is -2.32. The van der Waals surface area contributed by atoms with Gasteiger partial charge in [-0.3, -0.25) is 0 Å². The predicted octanol–water partition coefficient (Wildman–Crippen LogP) is 8.64. The molecular formula is C37H39ClO4. The van der Waals surface area contributed by atoms with E-state index in [1.807, 2.05) is 30.3 Å². The highest BCUT2D eigenvalue weighted by Crippen LogP contribution is 2.43. The molecule has 3 aromatic rings. The zero-order valence-corrected chi connectivity index (χ0v) is 25.2. The number of fused-ring (bicyclic) bond motifs is 1. The van der Waals surface area contributed by atoms with Crippen LogP contribution in [0.4, 0.5) is 0 Å². The Kier molecular flexibility index (Phi) is 8.85. The molecule has 3 atom stereocenters. The Balaban J connectivity index is 1.05. The summed E-state index contributed by atoms with van der Waals surface area (Å²) in [6.45, 7) is 2.99. The Bertz CT molecular complexity index is 1480. The molecule has 3 aromatic carbocycles. The quantitative estimate of drug-likeness (QED) is 0.240. The van der Waals surface area contributed by atoms with Gasteiger partial charge in [-0.2, -0.15) is 0 Å². The minimum absolute atomic E-state index is 0.161. The molecule has 2 unspecified atom stereocenters. The molecule has 0 bridgehead atoms. The first-order chi connectivity index (χ1) is 20.5. The summed E-state index contributed by atoms with van der Waals surface area (Å²) in [7, 11) is 1.71. The van der Waals surface area contributed by atoms with E-state index >= 15 is 0 Å². The maximum atomic E-state index is 6.68. The van der Waals surface area contributed by atoms with Crippen molar-refractivity contribution in [2.24, 2.45) is 11.8 Å². The van der Waals surface area contributed by atoms with Gasteiger partial charge in [-0.1, -0.05) is 72.3 Å². The second-order valence-corrected chi connectivity index (χ2v) is 12.1. The van der Waals surface area contributed by atoms with Crippen LogP contribution in [0.5, 0.6) is 11.5 Å². The van der Waals surface area contributed by atoms with Crippen LogP contribution in [0.2, 0.25) is 5.02 Å². The van der Waals surface area contributed by atoms with E-state index in [0.29, 0.717) is 30.6 Å². The molecule has 1 aliphatic heterocycles. The summed E-state index contributed by atoms with van der Waals surface area (Å²) >= 11 is 6.27. The van der Waals surface area contributed by atoms with Crippen LogP contribution in [0.3, 0.4) is 0 Å². The van der Waals surface area contributed by atoms with Crippen LogP contribution >= 0.6 is 11.6 Å². The van der Waals surface area contributed by atoms with Crippen LogP contribution < -0.4 is 9.47 Å². The summed E-state index contributed by atoms with van der Waals surface area (Å²) in [6.07, 6.45) is 18.1. The molecule has 4 nitrogen and oxygen atoms in total. The Labute approximate surface area is 254 Å². The van der Waals surface area contributed by atoms with Crippen LogP contribution in [-0.4, -0.2) is 26.4 Å². The summed E-state index contributed by atoms with van der Waals surface area (Å²) in [5.74, 6) is 1.89. The fourth-order valence-corrected chi connectivity index (χ4v) is 6.64. The summed E-state index contributed by atoms with van der Waals surface area (Å²) < 4.78 is 24.8. The van der Waals surface area contributed by atoms with Crippen molar-refractivity contribution in [2.45, 2.75) is 50.9 Å². The minimum atomic E-state index is -0.821. The number of aryl methyl sites for hydroxylation is 2. The number of halogens is 1. The van der Waals surface area contributed by atoms with Crippen LogP contribution in [0.25, 0.3) is 6.08 Å². The summed E-state index contributed by atoms with van der Waals surface area (Å²) in [5, 5.41) is 0.716.